The van der Waals surface area contributed by atoms with Crippen LogP contribution in [0.2, 0.25) is 0 Å². The number of furan rings is 1. The van der Waals surface area contributed by atoms with Crippen molar-refractivity contribution in [1.29, 1.82) is 0 Å². The van der Waals surface area contributed by atoms with E-state index in [1.807, 2.05) is 152 Å². The maximum Gasteiger partial charge on any atom is 0.143 e. The Morgan fingerprint density at radius 3 is 1.78 bits per heavy atom. The third kappa shape index (κ3) is 5.36. The number of nitrogens with zero attached hydrogens (tertiary/aromatic N) is 2. The van der Waals surface area contributed by atoms with Crippen molar-refractivity contribution in [3.8, 4) is 27.9 Å². The van der Waals surface area contributed by atoms with Gasteiger partial charge in [-0.25, -0.2) is 0 Å². The Kier molecular flexibility index (Phi) is 5.92. The van der Waals surface area contributed by atoms with E-state index in [2.05, 4.69) is 0 Å². The Hall–Kier alpha value is -7.88. The molecule has 0 spiro atoms. The fourth-order valence-electron chi connectivity index (χ4n) is 8.63. The molecule has 0 saturated carbocycles. The maximum absolute atomic E-state index is 9.87. The molecule has 0 radical (unpaired) electrons. The molecule has 0 saturated heterocycles. The second-order valence-corrected chi connectivity index (χ2v) is 14.6. The third-order valence-electron chi connectivity index (χ3n) is 11.3. The van der Waals surface area contributed by atoms with E-state index in [4.69, 9.17) is 4.42 Å². The summed E-state index contributed by atoms with van der Waals surface area (Å²) in [5, 5.41) is 7.20. The highest BCUT2D eigenvalue weighted by Crippen LogP contribution is 2.44. The molecule has 0 unspecified atom stereocenters. The summed E-state index contributed by atoms with van der Waals surface area (Å²) in [6.45, 7) is 0. The first-order valence-electron chi connectivity index (χ1n) is 23.5. The lowest BCUT2D eigenvalue weighted by atomic mass is 9.97. The zero-order chi connectivity index (χ0) is 45.8. The van der Waals surface area contributed by atoms with Crippen LogP contribution < -0.4 is 4.90 Å². The highest BCUT2D eigenvalue weighted by Gasteiger charge is 2.20. The van der Waals surface area contributed by atoms with E-state index >= 15 is 0 Å². The van der Waals surface area contributed by atoms with Crippen molar-refractivity contribution in [2.75, 3.05) is 4.90 Å². The summed E-state index contributed by atoms with van der Waals surface area (Å²) in [5.41, 5.74) is 4.83. The van der Waals surface area contributed by atoms with Gasteiger partial charge in [0, 0.05) is 49.6 Å². The smallest absolute Gasteiger partial charge is 0.143 e. The van der Waals surface area contributed by atoms with Crippen molar-refractivity contribution in [3.05, 3.63) is 218 Å². The number of para-hydroxylation sites is 4. The van der Waals surface area contributed by atoms with Crippen LogP contribution in [0.3, 0.4) is 0 Å². The van der Waals surface area contributed by atoms with Crippen molar-refractivity contribution >= 4 is 82.4 Å². The van der Waals surface area contributed by atoms with Gasteiger partial charge in [-0.2, -0.15) is 0 Å². The minimum Gasteiger partial charge on any atom is -0.455 e. The first-order valence-corrected chi connectivity index (χ1v) is 19.5. The summed E-state index contributed by atoms with van der Waals surface area (Å²) in [7, 11) is 0. The molecule has 2 heterocycles. The van der Waals surface area contributed by atoms with Gasteiger partial charge in [0.25, 0.3) is 0 Å². The molecule has 3 heteroatoms. The van der Waals surface area contributed by atoms with Crippen molar-refractivity contribution in [1.82, 2.24) is 4.57 Å². The van der Waals surface area contributed by atoms with Crippen molar-refractivity contribution in [3.63, 3.8) is 0 Å². The molecular formula is C56H36N2O. The molecule has 0 N–H and O–H groups in total. The van der Waals surface area contributed by atoms with Gasteiger partial charge in [-0.1, -0.05) is 139 Å². The van der Waals surface area contributed by atoms with Gasteiger partial charge in [0.05, 0.1) is 27.7 Å². The number of benzene rings is 10. The van der Waals surface area contributed by atoms with Crippen molar-refractivity contribution < 1.29 is 15.4 Å². The molecule has 3 nitrogen and oxygen atoms in total. The van der Waals surface area contributed by atoms with Crippen LogP contribution in [-0.2, 0) is 0 Å². The molecule has 2 aromatic heterocycles. The van der Waals surface area contributed by atoms with Crippen LogP contribution >= 0.6 is 0 Å². The molecule has 0 fully saturated rings. The van der Waals surface area contributed by atoms with E-state index in [9.17, 15) is 11.0 Å². The van der Waals surface area contributed by atoms with Crippen LogP contribution in [0.15, 0.2) is 223 Å². The van der Waals surface area contributed by atoms with E-state index in [0.29, 0.717) is 27.8 Å². The minimum atomic E-state index is -0.423. The van der Waals surface area contributed by atoms with Crippen LogP contribution in [0.1, 0.15) is 11.0 Å². The molecule has 12 rings (SSSR count). The average Bonchev–Trinajstić information content (AvgIpc) is 3.91. The standard InChI is InChI=1S/C56H36N2O/c1-2-14-44-37(12-1)13-11-19-45(44)38-24-28-41(29-25-38)57(42-30-32-43(33-31-42)58-53-21-8-4-16-48(53)49-17-5-9-22-54(49)58)52-20-7-3-15-46(52)39-26-34-47-40(36-39)27-35-51-50-18-6-10-23-55(50)59-56(47)51/h1-36H/i24D,25D,28D,29D,30D,31D,32D,33D. The second-order valence-electron chi connectivity index (χ2n) is 14.6. The highest BCUT2D eigenvalue weighted by atomic mass is 16.3. The van der Waals surface area contributed by atoms with Gasteiger partial charge in [0.1, 0.15) is 11.2 Å². The van der Waals surface area contributed by atoms with Gasteiger partial charge in [0.2, 0.25) is 0 Å². The van der Waals surface area contributed by atoms with E-state index in [1.54, 1.807) is 22.8 Å². The van der Waals surface area contributed by atoms with E-state index in [1.165, 1.54) is 4.90 Å². The van der Waals surface area contributed by atoms with Crippen LogP contribution in [0.5, 0.6) is 0 Å². The Bertz CT molecular complexity index is 3950. The maximum atomic E-state index is 9.87. The molecule has 276 valence electrons. The van der Waals surface area contributed by atoms with Crippen LogP contribution in [-0.4, -0.2) is 4.57 Å². The number of aromatic nitrogens is 1. The molecule has 10 aromatic carbocycles. The summed E-state index contributed by atoms with van der Waals surface area (Å²) in [4.78, 5) is 1.39. The van der Waals surface area contributed by atoms with Crippen molar-refractivity contribution in [2.45, 2.75) is 0 Å². The van der Waals surface area contributed by atoms with Crippen LogP contribution in [0.25, 0.3) is 93.2 Å². The number of hydrogen-bond donors (Lipinski definition) is 0. The number of fused-ring (bicyclic) bond motifs is 9. The number of hydrogen-bond acceptors (Lipinski definition) is 2. The zero-order valence-corrected chi connectivity index (χ0v) is 31.5. The molecule has 0 aliphatic carbocycles. The Morgan fingerprint density at radius 1 is 0.407 bits per heavy atom. The normalized spacial score (nSPS) is 13.6. The Labute approximate surface area is 352 Å². The molecule has 0 bridgehead atoms. The van der Waals surface area contributed by atoms with Gasteiger partial charge in [-0.15, -0.1) is 0 Å². The molecule has 59 heavy (non-hydrogen) atoms. The Morgan fingerprint density at radius 2 is 1.00 bits per heavy atom. The summed E-state index contributed by atoms with van der Waals surface area (Å²) in [6.07, 6.45) is 0. The van der Waals surface area contributed by atoms with Gasteiger partial charge in [-0.05, 0) is 112 Å². The fraction of sp³-hybridized carbons (Fsp3) is 0. The molecule has 0 atom stereocenters. The zero-order valence-electron chi connectivity index (χ0n) is 39.5. The first kappa shape index (κ1) is 26.1. The van der Waals surface area contributed by atoms with Crippen molar-refractivity contribution in [2.24, 2.45) is 0 Å². The molecule has 0 amide bonds. The predicted molar refractivity (Wildman–Crippen MR) is 249 cm³/mol. The molecule has 12 aromatic rings. The number of anilines is 3. The highest BCUT2D eigenvalue weighted by molar-refractivity contribution is 6.15. The largest absolute Gasteiger partial charge is 0.455 e. The minimum absolute atomic E-state index is 0.0432. The fourth-order valence-corrected chi connectivity index (χ4v) is 8.63. The summed E-state index contributed by atoms with van der Waals surface area (Å²) >= 11 is 0. The quantitative estimate of drug-likeness (QED) is 0.168. The first-order chi connectivity index (χ1) is 32.6. The topological polar surface area (TPSA) is 21.3 Å². The summed E-state index contributed by atoms with van der Waals surface area (Å²) < 4.78 is 86.1. The van der Waals surface area contributed by atoms with E-state index in [-0.39, 0.29) is 46.8 Å². The lowest BCUT2D eigenvalue weighted by Crippen LogP contribution is -2.11. The van der Waals surface area contributed by atoms with Gasteiger partial charge >= 0.3 is 0 Å². The van der Waals surface area contributed by atoms with E-state index < -0.39 is 24.2 Å². The lowest BCUT2D eigenvalue weighted by molar-refractivity contribution is 0.672. The van der Waals surface area contributed by atoms with E-state index in [0.717, 1.165) is 59.8 Å². The second kappa shape index (κ2) is 13.4. The molecule has 0 aliphatic rings. The average molecular weight is 761 g/mol. The summed E-state index contributed by atoms with van der Waals surface area (Å²) in [6, 6.07) is 50.6. The van der Waals surface area contributed by atoms with Gasteiger partial charge < -0.3 is 13.9 Å². The predicted octanol–water partition coefficient (Wildman–Crippen LogP) is 15.8. The van der Waals surface area contributed by atoms with Gasteiger partial charge in [0.15, 0.2) is 0 Å². The Balaban J connectivity index is 1.13. The van der Waals surface area contributed by atoms with Crippen LogP contribution in [0, 0.1) is 0 Å². The third-order valence-corrected chi connectivity index (χ3v) is 11.3. The lowest BCUT2D eigenvalue weighted by Gasteiger charge is -2.28. The molecular weight excluding hydrogens is 717 g/mol. The SMILES string of the molecule is [2H]c1c([2H])c(N(c2ccccc2-c2ccc3c(ccc4c5ccccc5oc34)c2)c2c([2H])c([2H])c(-n3c4ccccc4c4ccccc43)c([2H])c2[2H])c([2H])c([2H])c1-c1cccc2ccccc12. The molecule has 0 aliphatic heterocycles. The van der Waals surface area contributed by atoms with Crippen LogP contribution in [0.4, 0.5) is 17.1 Å². The number of rotatable bonds is 6. The monoisotopic (exact) mass is 760 g/mol. The van der Waals surface area contributed by atoms with Gasteiger partial charge in [-0.3, -0.25) is 0 Å². The summed E-state index contributed by atoms with van der Waals surface area (Å²) in [5.74, 6) is 0.